The van der Waals surface area contributed by atoms with Crippen molar-refractivity contribution in [2.24, 2.45) is 5.92 Å². The van der Waals surface area contributed by atoms with Crippen molar-refractivity contribution in [1.29, 1.82) is 5.26 Å². The molecule has 0 atom stereocenters. The second-order valence-corrected chi connectivity index (χ2v) is 13.3. The van der Waals surface area contributed by atoms with E-state index in [0.717, 1.165) is 66.4 Å². The summed E-state index contributed by atoms with van der Waals surface area (Å²) in [5, 5.41) is 20.3. The Morgan fingerprint density at radius 2 is 1.89 bits per heavy atom. The van der Waals surface area contributed by atoms with Gasteiger partial charge in [-0.3, -0.25) is 9.12 Å². The molecule has 0 radical (unpaired) electrons. The van der Waals surface area contributed by atoms with E-state index in [4.69, 9.17) is 16.6 Å². The number of fused-ring (bicyclic) bond motifs is 1. The Hall–Kier alpha value is -2.23. The first-order chi connectivity index (χ1) is 18.2. The maximum absolute atomic E-state index is 9.56. The van der Waals surface area contributed by atoms with Gasteiger partial charge in [0.1, 0.15) is 22.2 Å². The highest BCUT2D eigenvalue weighted by Gasteiger charge is 2.48. The van der Waals surface area contributed by atoms with Gasteiger partial charge in [-0.2, -0.15) is 5.26 Å². The number of carbonyl (C=O) groups is 1. The maximum Gasteiger partial charge on any atom is 0.184 e. The number of hydrogen-bond acceptors (Lipinski definition) is 10. The molecule has 0 spiro atoms. The number of pyridine rings is 1. The number of aldehydes is 1. The number of piperazine rings is 1. The number of nitrogens with one attached hydrogen (secondary N) is 1. The molecule has 202 valence electrons. The highest BCUT2D eigenvalue weighted by molar-refractivity contribution is 7.97. The molecule has 1 aliphatic heterocycles. The van der Waals surface area contributed by atoms with E-state index < -0.39 is 5.41 Å². The minimum atomic E-state index is -0.456. The van der Waals surface area contributed by atoms with Crippen LogP contribution in [0.4, 0.5) is 5.69 Å². The quantitative estimate of drug-likeness (QED) is 0.316. The Bertz CT molecular complexity index is 1360. The summed E-state index contributed by atoms with van der Waals surface area (Å²) in [6.45, 7) is 9.86. The lowest BCUT2D eigenvalue weighted by atomic mass is 10.1. The van der Waals surface area contributed by atoms with Crippen LogP contribution in [0.15, 0.2) is 17.2 Å². The molecular formula is C26H33ClN8OS2. The Morgan fingerprint density at radius 1 is 1.21 bits per heavy atom. The van der Waals surface area contributed by atoms with E-state index in [1.807, 2.05) is 13.8 Å². The SMILES string of the molecule is CC(C)C=O.CN1CCN(c2cc(SNC3(C)CC3)cn3c(-c4nnc(C5(C#N)CC5)s4)nc(Cl)c23)CC1. The van der Waals surface area contributed by atoms with Crippen LogP contribution in [-0.4, -0.2) is 69.5 Å². The minimum absolute atomic E-state index is 0.204. The van der Waals surface area contributed by atoms with Crippen molar-refractivity contribution in [3.05, 3.63) is 22.4 Å². The van der Waals surface area contributed by atoms with Crippen molar-refractivity contribution in [3.8, 4) is 16.9 Å². The summed E-state index contributed by atoms with van der Waals surface area (Å²) in [5.41, 5.74) is 1.76. The van der Waals surface area contributed by atoms with Crippen molar-refractivity contribution in [2.75, 3.05) is 38.1 Å². The average Bonchev–Trinajstić information content (AvgIpc) is 3.78. The van der Waals surface area contributed by atoms with Gasteiger partial charge in [-0.05, 0) is 57.7 Å². The normalized spacial score (nSPS) is 19.7. The molecule has 38 heavy (non-hydrogen) atoms. The first-order valence-electron chi connectivity index (χ1n) is 13.0. The van der Waals surface area contributed by atoms with Gasteiger partial charge in [0.2, 0.25) is 0 Å². The predicted molar refractivity (Wildman–Crippen MR) is 153 cm³/mol. The Labute approximate surface area is 236 Å². The molecule has 4 heterocycles. The van der Waals surface area contributed by atoms with Gasteiger partial charge < -0.3 is 14.6 Å². The van der Waals surface area contributed by atoms with Gasteiger partial charge in [-0.1, -0.05) is 36.8 Å². The number of nitriles is 1. The Balaban J connectivity index is 0.000000540. The van der Waals surface area contributed by atoms with E-state index in [2.05, 4.69) is 61.4 Å². The van der Waals surface area contributed by atoms with E-state index in [0.29, 0.717) is 16.0 Å². The fourth-order valence-corrected chi connectivity index (χ4v) is 6.29. The Kier molecular flexibility index (Phi) is 7.73. The second kappa shape index (κ2) is 10.7. The van der Waals surface area contributed by atoms with Crippen LogP contribution in [0.2, 0.25) is 5.15 Å². The molecule has 0 amide bonds. The Morgan fingerprint density at radius 3 is 2.47 bits per heavy atom. The van der Waals surface area contributed by atoms with Gasteiger partial charge >= 0.3 is 0 Å². The zero-order chi connectivity index (χ0) is 27.1. The molecule has 3 fully saturated rings. The molecule has 9 nitrogen and oxygen atoms in total. The van der Waals surface area contributed by atoms with Crippen LogP contribution in [0.5, 0.6) is 0 Å². The van der Waals surface area contributed by atoms with E-state index in [9.17, 15) is 10.1 Å². The summed E-state index contributed by atoms with van der Waals surface area (Å²) < 4.78 is 5.68. The van der Waals surface area contributed by atoms with Crippen LogP contribution in [0.25, 0.3) is 16.3 Å². The lowest BCUT2D eigenvalue weighted by molar-refractivity contribution is -0.110. The topological polar surface area (TPSA) is 102 Å². The van der Waals surface area contributed by atoms with Crippen LogP contribution in [0.3, 0.4) is 0 Å². The maximum atomic E-state index is 9.56. The predicted octanol–water partition coefficient (Wildman–Crippen LogP) is 4.80. The lowest BCUT2D eigenvalue weighted by Gasteiger charge is -2.34. The van der Waals surface area contributed by atoms with Crippen molar-refractivity contribution in [3.63, 3.8) is 0 Å². The summed E-state index contributed by atoms with van der Waals surface area (Å²) in [4.78, 5) is 20.1. The van der Waals surface area contributed by atoms with Crippen LogP contribution in [-0.2, 0) is 10.2 Å². The fraction of sp³-hybridized carbons (Fsp3) is 0.577. The summed E-state index contributed by atoms with van der Waals surface area (Å²) >= 11 is 9.86. The van der Waals surface area contributed by atoms with Crippen molar-refractivity contribution >= 4 is 52.4 Å². The number of likely N-dealkylation sites (N-methyl/N-ethyl adjacent to an activating group) is 1. The number of anilines is 1. The second-order valence-electron chi connectivity index (χ2n) is 11.0. The zero-order valence-electron chi connectivity index (χ0n) is 22.2. The number of halogens is 1. The third kappa shape index (κ3) is 5.70. The zero-order valence-corrected chi connectivity index (χ0v) is 24.6. The highest BCUT2D eigenvalue weighted by Crippen LogP contribution is 2.49. The van der Waals surface area contributed by atoms with E-state index >= 15 is 0 Å². The monoisotopic (exact) mass is 572 g/mol. The van der Waals surface area contributed by atoms with Crippen molar-refractivity contribution < 1.29 is 4.79 Å². The van der Waals surface area contributed by atoms with Crippen LogP contribution < -0.4 is 9.62 Å². The number of nitrogens with zero attached hydrogens (tertiary/aromatic N) is 7. The largest absolute Gasteiger partial charge is 0.367 e. The molecule has 1 N–H and O–H groups in total. The standard InChI is InChI=1S/C22H25ClN8S2.C4H8O/c1-21(3-4-21)28-33-14-11-15(30-9-7-29(2)8-10-30)16-17(23)25-18(31(16)12-14)19-26-27-20(32-19)22(13-24)5-6-22;1-4(2)3-5/h11-12,28H,3-10H2,1-2H3;3-4H,1-2H3. The third-order valence-electron chi connectivity index (χ3n) is 7.17. The molecule has 3 aliphatic rings. The number of rotatable bonds is 7. The van der Waals surface area contributed by atoms with Gasteiger partial charge in [0.15, 0.2) is 16.0 Å². The summed E-state index contributed by atoms with van der Waals surface area (Å²) in [6.07, 6.45) is 7.10. The molecule has 0 unspecified atom stereocenters. The molecule has 3 aromatic rings. The lowest BCUT2D eigenvalue weighted by Crippen LogP contribution is -2.44. The van der Waals surface area contributed by atoms with Crippen LogP contribution in [0, 0.1) is 17.2 Å². The van der Waals surface area contributed by atoms with Gasteiger partial charge in [-0.15, -0.1) is 10.2 Å². The minimum Gasteiger partial charge on any atom is -0.367 e. The molecule has 3 aromatic heterocycles. The molecule has 0 bridgehead atoms. The summed E-state index contributed by atoms with van der Waals surface area (Å²) in [6, 6.07) is 4.63. The number of carbonyl (C=O) groups excluding carboxylic acids is 1. The average molecular weight is 573 g/mol. The van der Waals surface area contributed by atoms with Crippen molar-refractivity contribution in [1.82, 2.24) is 29.2 Å². The fourth-order valence-electron chi connectivity index (χ4n) is 4.10. The molecule has 2 saturated carbocycles. The third-order valence-corrected chi connectivity index (χ3v) is 9.61. The molecule has 0 aromatic carbocycles. The van der Waals surface area contributed by atoms with Gasteiger partial charge in [0, 0.05) is 48.7 Å². The van der Waals surface area contributed by atoms with Crippen LogP contribution >= 0.6 is 34.9 Å². The van der Waals surface area contributed by atoms with E-state index in [1.54, 1.807) is 11.9 Å². The molecule has 6 rings (SSSR count). The van der Waals surface area contributed by atoms with E-state index in [-0.39, 0.29) is 11.5 Å². The molecule has 12 heteroatoms. The van der Waals surface area contributed by atoms with Gasteiger partial charge in [0.25, 0.3) is 0 Å². The summed E-state index contributed by atoms with van der Waals surface area (Å²) in [5.74, 6) is 0.887. The molecule has 2 aliphatic carbocycles. The van der Waals surface area contributed by atoms with Gasteiger partial charge in [0.05, 0.1) is 11.8 Å². The molecular weight excluding hydrogens is 540 g/mol. The van der Waals surface area contributed by atoms with E-state index in [1.165, 1.54) is 24.2 Å². The van der Waals surface area contributed by atoms with Gasteiger partial charge in [-0.25, -0.2) is 4.98 Å². The first-order valence-corrected chi connectivity index (χ1v) is 15.0. The smallest absolute Gasteiger partial charge is 0.184 e. The number of imidazole rings is 1. The first kappa shape index (κ1) is 27.3. The highest BCUT2D eigenvalue weighted by atomic mass is 35.5. The van der Waals surface area contributed by atoms with Crippen molar-refractivity contribution in [2.45, 2.75) is 62.3 Å². The number of aromatic nitrogens is 4. The molecule has 1 saturated heterocycles. The van der Waals surface area contributed by atoms with Crippen LogP contribution in [0.1, 0.15) is 51.5 Å². The summed E-state index contributed by atoms with van der Waals surface area (Å²) in [7, 11) is 2.16. The number of hydrogen-bond donors (Lipinski definition) is 1.